The lowest BCUT2D eigenvalue weighted by Gasteiger charge is -2.47. The van der Waals surface area contributed by atoms with Gasteiger partial charge in [-0.15, -0.1) is 0 Å². The highest BCUT2D eigenvalue weighted by atomic mass is 32.2. The van der Waals surface area contributed by atoms with Gasteiger partial charge in [0.05, 0.1) is 0 Å². The number of nitrogens with zero attached hydrogens (tertiary/aromatic N) is 2. The quantitative estimate of drug-likeness (QED) is 0.804. The standard InChI is InChI=1S/C13H29N3O2S/c1-5-9-16(19(17,18)15(3)4)13(11-14)8-6-7-12(2)10-13/h12H,5-11,14H2,1-4H3. The highest BCUT2D eigenvalue weighted by Gasteiger charge is 2.45. The van der Waals surface area contributed by atoms with Gasteiger partial charge in [-0.05, 0) is 25.2 Å². The van der Waals surface area contributed by atoms with E-state index in [0.717, 1.165) is 25.7 Å². The Balaban J connectivity index is 3.14. The Morgan fingerprint density at radius 3 is 2.42 bits per heavy atom. The van der Waals surface area contributed by atoms with E-state index in [0.29, 0.717) is 19.0 Å². The fraction of sp³-hybridized carbons (Fsp3) is 1.00. The summed E-state index contributed by atoms with van der Waals surface area (Å²) in [7, 11) is -0.225. The highest BCUT2D eigenvalue weighted by Crippen LogP contribution is 2.38. The van der Waals surface area contributed by atoms with Crippen LogP contribution < -0.4 is 5.73 Å². The van der Waals surface area contributed by atoms with Crippen molar-refractivity contribution in [1.29, 1.82) is 0 Å². The predicted molar refractivity (Wildman–Crippen MR) is 79.0 cm³/mol. The van der Waals surface area contributed by atoms with Gasteiger partial charge < -0.3 is 5.73 Å². The zero-order chi connectivity index (χ0) is 14.7. The van der Waals surface area contributed by atoms with E-state index in [1.165, 1.54) is 10.7 Å². The molecule has 0 aliphatic heterocycles. The second-order valence-corrected chi connectivity index (χ2v) is 8.06. The smallest absolute Gasteiger partial charge is 0.282 e. The monoisotopic (exact) mass is 291 g/mol. The van der Waals surface area contributed by atoms with E-state index in [2.05, 4.69) is 6.92 Å². The van der Waals surface area contributed by atoms with Crippen molar-refractivity contribution in [2.75, 3.05) is 27.2 Å². The summed E-state index contributed by atoms with van der Waals surface area (Å²) >= 11 is 0. The van der Waals surface area contributed by atoms with Crippen LogP contribution in [-0.4, -0.2) is 49.8 Å². The summed E-state index contributed by atoms with van der Waals surface area (Å²) in [5.41, 5.74) is 5.61. The highest BCUT2D eigenvalue weighted by molar-refractivity contribution is 7.86. The van der Waals surface area contributed by atoms with Crippen molar-refractivity contribution in [2.45, 2.75) is 51.5 Å². The Morgan fingerprint density at radius 2 is 2.00 bits per heavy atom. The van der Waals surface area contributed by atoms with Crippen LogP contribution >= 0.6 is 0 Å². The van der Waals surface area contributed by atoms with Crippen LogP contribution in [0.5, 0.6) is 0 Å². The number of hydrogen-bond donors (Lipinski definition) is 1. The van der Waals surface area contributed by atoms with Crippen molar-refractivity contribution in [1.82, 2.24) is 8.61 Å². The Hall–Kier alpha value is -0.170. The molecule has 1 fully saturated rings. The maximum absolute atomic E-state index is 12.6. The van der Waals surface area contributed by atoms with Gasteiger partial charge in [-0.25, -0.2) is 0 Å². The molecule has 1 aliphatic rings. The van der Waals surface area contributed by atoms with Gasteiger partial charge in [-0.1, -0.05) is 26.7 Å². The molecule has 114 valence electrons. The first kappa shape index (κ1) is 16.9. The summed E-state index contributed by atoms with van der Waals surface area (Å²) < 4.78 is 28.1. The third-order valence-corrected chi connectivity index (χ3v) is 6.19. The first-order valence-corrected chi connectivity index (χ1v) is 8.60. The van der Waals surface area contributed by atoms with Gasteiger partial charge in [0.15, 0.2) is 0 Å². The van der Waals surface area contributed by atoms with Gasteiger partial charge in [0.2, 0.25) is 0 Å². The number of nitrogens with two attached hydrogens (primary N) is 1. The molecule has 0 saturated heterocycles. The molecule has 6 heteroatoms. The van der Waals surface area contributed by atoms with Gasteiger partial charge in [0.25, 0.3) is 10.2 Å². The average molecular weight is 291 g/mol. The SMILES string of the molecule is CCCN(C1(CN)CCCC(C)C1)S(=O)(=O)N(C)C. The molecule has 0 radical (unpaired) electrons. The molecule has 5 nitrogen and oxygen atoms in total. The molecule has 0 aromatic heterocycles. The van der Waals surface area contributed by atoms with Crippen LogP contribution in [0, 0.1) is 5.92 Å². The van der Waals surface area contributed by atoms with Crippen LogP contribution in [0.15, 0.2) is 0 Å². The van der Waals surface area contributed by atoms with Gasteiger partial charge in [-0.2, -0.15) is 17.0 Å². The number of rotatable bonds is 6. The fourth-order valence-corrected chi connectivity index (χ4v) is 4.68. The maximum Gasteiger partial charge on any atom is 0.282 e. The van der Waals surface area contributed by atoms with Crippen molar-refractivity contribution in [3.8, 4) is 0 Å². The lowest BCUT2D eigenvalue weighted by molar-refractivity contribution is 0.104. The molecule has 2 N–H and O–H groups in total. The minimum Gasteiger partial charge on any atom is -0.329 e. The summed E-state index contributed by atoms with van der Waals surface area (Å²) in [6.07, 6.45) is 4.78. The van der Waals surface area contributed by atoms with Crippen LogP contribution in [-0.2, 0) is 10.2 Å². The van der Waals surface area contributed by atoms with E-state index in [4.69, 9.17) is 5.73 Å². The zero-order valence-electron chi connectivity index (χ0n) is 12.7. The third-order valence-electron chi connectivity index (χ3n) is 4.14. The van der Waals surface area contributed by atoms with E-state index < -0.39 is 15.7 Å². The molecule has 0 spiro atoms. The van der Waals surface area contributed by atoms with Gasteiger partial charge in [0.1, 0.15) is 0 Å². The Bertz CT molecular complexity index is 383. The lowest BCUT2D eigenvalue weighted by Crippen LogP contribution is -2.60. The molecule has 0 amide bonds. The summed E-state index contributed by atoms with van der Waals surface area (Å²) in [4.78, 5) is 0. The molecule has 19 heavy (non-hydrogen) atoms. The van der Waals surface area contributed by atoms with Crippen LogP contribution in [0.3, 0.4) is 0 Å². The molecule has 0 bridgehead atoms. The Kier molecular flexibility index (Phi) is 5.79. The molecule has 0 aromatic carbocycles. The normalized spacial score (nSPS) is 29.1. The summed E-state index contributed by atoms with van der Waals surface area (Å²) in [6.45, 7) is 5.15. The number of hydrogen-bond acceptors (Lipinski definition) is 3. The van der Waals surface area contributed by atoms with Crippen LogP contribution in [0.1, 0.15) is 46.0 Å². The van der Waals surface area contributed by atoms with Crippen molar-refractivity contribution < 1.29 is 8.42 Å². The minimum absolute atomic E-state index is 0.392. The van der Waals surface area contributed by atoms with Gasteiger partial charge in [-0.3, -0.25) is 0 Å². The van der Waals surface area contributed by atoms with Crippen molar-refractivity contribution in [3.63, 3.8) is 0 Å². The largest absolute Gasteiger partial charge is 0.329 e. The molecule has 2 atom stereocenters. The lowest BCUT2D eigenvalue weighted by atomic mass is 9.76. The van der Waals surface area contributed by atoms with Crippen LogP contribution in [0.25, 0.3) is 0 Å². The van der Waals surface area contributed by atoms with E-state index in [1.807, 2.05) is 6.92 Å². The predicted octanol–water partition coefficient (Wildman–Crippen LogP) is 1.41. The van der Waals surface area contributed by atoms with Crippen LogP contribution in [0.4, 0.5) is 0 Å². The molecule has 2 unspecified atom stereocenters. The molecular formula is C13H29N3O2S. The first-order valence-electron chi connectivity index (χ1n) is 7.20. The molecule has 1 saturated carbocycles. The van der Waals surface area contributed by atoms with Crippen molar-refractivity contribution in [3.05, 3.63) is 0 Å². The first-order chi connectivity index (χ1) is 8.80. The Morgan fingerprint density at radius 1 is 1.37 bits per heavy atom. The van der Waals surface area contributed by atoms with E-state index in [-0.39, 0.29) is 0 Å². The van der Waals surface area contributed by atoms with E-state index in [1.54, 1.807) is 18.4 Å². The average Bonchev–Trinajstić information content (AvgIpc) is 2.35. The van der Waals surface area contributed by atoms with Gasteiger partial charge >= 0.3 is 0 Å². The molecule has 1 aliphatic carbocycles. The topological polar surface area (TPSA) is 66.6 Å². The second kappa shape index (κ2) is 6.52. The molecular weight excluding hydrogens is 262 g/mol. The summed E-state index contributed by atoms with van der Waals surface area (Å²) in [5.74, 6) is 0.536. The van der Waals surface area contributed by atoms with Gasteiger partial charge in [0, 0.05) is 32.7 Å². The van der Waals surface area contributed by atoms with E-state index >= 15 is 0 Å². The maximum atomic E-state index is 12.6. The second-order valence-electron chi connectivity index (χ2n) is 5.99. The fourth-order valence-electron chi connectivity index (χ4n) is 3.14. The van der Waals surface area contributed by atoms with Crippen molar-refractivity contribution >= 4 is 10.2 Å². The van der Waals surface area contributed by atoms with E-state index in [9.17, 15) is 8.42 Å². The van der Waals surface area contributed by atoms with Crippen molar-refractivity contribution in [2.24, 2.45) is 11.7 Å². The summed E-state index contributed by atoms with van der Waals surface area (Å²) in [6, 6.07) is 0. The molecule has 0 heterocycles. The Labute approximate surface area is 118 Å². The minimum atomic E-state index is -3.41. The third kappa shape index (κ3) is 3.48. The molecule has 0 aromatic rings. The zero-order valence-corrected chi connectivity index (χ0v) is 13.5. The van der Waals surface area contributed by atoms with Crippen LogP contribution in [0.2, 0.25) is 0 Å². The molecule has 1 rings (SSSR count). The summed E-state index contributed by atoms with van der Waals surface area (Å²) in [5, 5.41) is 0.